The van der Waals surface area contributed by atoms with Crippen molar-refractivity contribution in [3.05, 3.63) is 45.7 Å². The maximum atomic E-state index is 13.4. The van der Waals surface area contributed by atoms with Gasteiger partial charge in [0.15, 0.2) is 0 Å². The molecule has 2 rings (SSSR count). The summed E-state index contributed by atoms with van der Waals surface area (Å²) in [6.45, 7) is 2.37. The molecule has 0 saturated heterocycles. The molecule has 1 amide bonds. The van der Waals surface area contributed by atoms with Crippen molar-refractivity contribution in [2.24, 2.45) is 0 Å². The van der Waals surface area contributed by atoms with E-state index in [1.165, 1.54) is 23.5 Å². The van der Waals surface area contributed by atoms with Crippen LogP contribution < -0.4 is 5.32 Å². The zero-order chi connectivity index (χ0) is 16.1. The first-order valence-electron chi connectivity index (χ1n) is 6.96. The van der Waals surface area contributed by atoms with E-state index in [0.29, 0.717) is 18.5 Å². The first-order chi connectivity index (χ1) is 10.5. The number of nitrogens with zero attached hydrogens (tertiary/aromatic N) is 3. The van der Waals surface area contributed by atoms with Crippen LogP contribution in [0.2, 0.25) is 0 Å². The van der Waals surface area contributed by atoms with E-state index in [0.717, 1.165) is 10.0 Å². The number of nitrogens with one attached hydrogen (secondary N) is 1. The van der Waals surface area contributed by atoms with Crippen molar-refractivity contribution in [3.63, 3.8) is 0 Å². The van der Waals surface area contributed by atoms with E-state index in [4.69, 9.17) is 0 Å². The fourth-order valence-corrected chi connectivity index (χ4v) is 2.90. The van der Waals surface area contributed by atoms with E-state index in [-0.39, 0.29) is 11.7 Å². The highest BCUT2D eigenvalue weighted by molar-refractivity contribution is 7.11. The van der Waals surface area contributed by atoms with E-state index in [1.807, 2.05) is 6.92 Å². The maximum Gasteiger partial charge on any atom is 0.241 e. The Hall–Kier alpha value is -1.86. The van der Waals surface area contributed by atoms with Crippen LogP contribution in [0.25, 0.3) is 0 Å². The number of rotatable bonds is 6. The van der Waals surface area contributed by atoms with Crippen molar-refractivity contribution in [1.29, 1.82) is 0 Å². The van der Waals surface area contributed by atoms with E-state index in [1.54, 1.807) is 31.1 Å². The lowest BCUT2D eigenvalue weighted by Gasteiger charge is -2.23. The quantitative estimate of drug-likeness (QED) is 0.883. The minimum absolute atomic E-state index is 0.156. The number of halogens is 1. The molecule has 0 fully saturated rings. The van der Waals surface area contributed by atoms with E-state index < -0.39 is 6.04 Å². The van der Waals surface area contributed by atoms with Gasteiger partial charge in [-0.05, 0) is 38.7 Å². The van der Waals surface area contributed by atoms with Gasteiger partial charge < -0.3 is 5.32 Å². The van der Waals surface area contributed by atoms with E-state index in [2.05, 4.69) is 15.5 Å². The molecule has 1 atom stereocenters. The van der Waals surface area contributed by atoms with Crippen LogP contribution in [0.5, 0.6) is 0 Å². The van der Waals surface area contributed by atoms with E-state index >= 15 is 0 Å². The summed E-state index contributed by atoms with van der Waals surface area (Å²) in [5.74, 6) is -0.502. The number of amides is 1. The highest BCUT2D eigenvalue weighted by Gasteiger charge is 2.22. The van der Waals surface area contributed by atoms with Crippen molar-refractivity contribution in [1.82, 2.24) is 20.4 Å². The fraction of sp³-hybridized carbons (Fsp3) is 0.400. The highest BCUT2D eigenvalue weighted by Crippen LogP contribution is 2.19. The Morgan fingerprint density at radius 1 is 1.41 bits per heavy atom. The summed E-state index contributed by atoms with van der Waals surface area (Å²) in [5, 5.41) is 12.6. The second-order valence-electron chi connectivity index (χ2n) is 5.18. The summed E-state index contributed by atoms with van der Waals surface area (Å²) in [6, 6.07) is 5.59. The minimum Gasteiger partial charge on any atom is -0.354 e. The third kappa shape index (κ3) is 4.32. The maximum absolute atomic E-state index is 13.4. The van der Waals surface area contributed by atoms with Crippen LogP contribution in [0.3, 0.4) is 0 Å². The molecule has 1 aromatic carbocycles. The molecule has 1 unspecified atom stereocenters. The van der Waals surface area contributed by atoms with Crippen LogP contribution in [-0.4, -0.2) is 41.6 Å². The summed E-state index contributed by atoms with van der Waals surface area (Å²) in [6.07, 6.45) is 0.639. The average molecular weight is 322 g/mol. The minimum atomic E-state index is -0.521. The molecule has 0 aliphatic carbocycles. The fourth-order valence-electron chi connectivity index (χ4n) is 2.19. The van der Waals surface area contributed by atoms with Crippen LogP contribution >= 0.6 is 11.3 Å². The number of carbonyl (C=O) groups is 1. The monoisotopic (exact) mass is 322 g/mol. The zero-order valence-corrected chi connectivity index (χ0v) is 13.7. The first-order valence-corrected chi connectivity index (χ1v) is 7.77. The van der Waals surface area contributed by atoms with Crippen LogP contribution in [0, 0.1) is 12.7 Å². The molecule has 1 heterocycles. The molecule has 0 aliphatic rings. The third-order valence-corrected chi connectivity index (χ3v) is 4.03. The number of aromatic nitrogens is 2. The molecular weight excluding hydrogens is 303 g/mol. The molecule has 5 nitrogen and oxygen atoms in total. The van der Waals surface area contributed by atoms with Crippen molar-refractivity contribution in [3.8, 4) is 0 Å². The Kier molecular flexibility index (Phi) is 5.57. The smallest absolute Gasteiger partial charge is 0.241 e. The third-order valence-electron chi connectivity index (χ3n) is 3.14. The van der Waals surface area contributed by atoms with Gasteiger partial charge in [0.2, 0.25) is 5.91 Å². The van der Waals surface area contributed by atoms with Crippen molar-refractivity contribution < 1.29 is 9.18 Å². The van der Waals surface area contributed by atoms with Gasteiger partial charge in [0.05, 0.1) is 0 Å². The van der Waals surface area contributed by atoms with Gasteiger partial charge in [0.25, 0.3) is 0 Å². The van der Waals surface area contributed by atoms with Crippen molar-refractivity contribution in [2.45, 2.75) is 19.4 Å². The molecule has 1 N–H and O–H groups in total. The van der Waals surface area contributed by atoms with Crippen molar-refractivity contribution >= 4 is 17.2 Å². The Morgan fingerprint density at radius 3 is 2.77 bits per heavy atom. The summed E-state index contributed by atoms with van der Waals surface area (Å²) in [7, 11) is 3.59. The number of benzene rings is 1. The van der Waals surface area contributed by atoms with E-state index in [9.17, 15) is 9.18 Å². The average Bonchev–Trinajstić information content (AvgIpc) is 2.84. The SMILES string of the molecule is Cc1nnc(CCNC(=O)C(c2cccc(F)c2)N(C)C)s1. The van der Waals surface area contributed by atoms with Gasteiger partial charge in [-0.15, -0.1) is 21.5 Å². The summed E-state index contributed by atoms with van der Waals surface area (Å²) >= 11 is 1.52. The van der Waals surface area contributed by atoms with Gasteiger partial charge in [0.1, 0.15) is 21.9 Å². The summed E-state index contributed by atoms with van der Waals surface area (Å²) in [4.78, 5) is 14.1. The molecule has 118 valence electrons. The summed E-state index contributed by atoms with van der Waals surface area (Å²) < 4.78 is 13.4. The molecule has 2 aromatic rings. The number of likely N-dealkylation sites (N-methyl/N-ethyl adjacent to an activating group) is 1. The van der Waals surface area contributed by atoms with Gasteiger partial charge in [-0.3, -0.25) is 9.69 Å². The van der Waals surface area contributed by atoms with Crippen LogP contribution in [0.1, 0.15) is 21.6 Å². The molecular formula is C15H19FN4OS. The van der Waals surface area contributed by atoms with Crippen molar-refractivity contribution in [2.75, 3.05) is 20.6 Å². The van der Waals surface area contributed by atoms with Crippen LogP contribution in [-0.2, 0) is 11.2 Å². The molecule has 22 heavy (non-hydrogen) atoms. The number of hydrogen-bond acceptors (Lipinski definition) is 5. The zero-order valence-electron chi connectivity index (χ0n) is 12.8. The van der Waals surface area contributed by atoms with Crippen LogP contribution in [0.4, 0.5) is 4.39 Å². The number of hydrogen-bond donors (Lipinski definition) is 1. The molecule has 0 bridgehead atoms. The Labute approximate surface area is 133 Å². The van der Waals surface area contributed by atoms with Gasteiger partial charge >= 0.3 is 0 Å². The predicted octanol–water partition coefficient (Wildman–Crippen LogP) is 1.95. The first kappa shape index (κ1) is 16.5. The van der Waals surface area contributed by atoms with Gasteiger partial charge in [-0.2, -0.15) is 0 Å². The molecule has 0 spiro atoms. The molecule has 0 aliphatic heterocycles. The lowest BCUT2D eigenvalue weighted by atomic mass is 10.1. The predicted molar refractivity (Wildman–Crippen MR) is 84.2 cm³/mol. The van der Waals surface area contributed by atoms with Crippen LogP contribution in [0.15, 0.2) is 24.3 Å². The molecule has 7 heteroatoms. The largest absolute Gasteiger partial charge is 0.354 e. The molecule has 0 saturated carbocycles. The van der Waals surface area contributed by atoms with Gasteiger partial charge in [-0.1, -0.05) is 12.1 Å². The highest BCUT2D eigenvalue weighted by atomic mass is 32.1. The normalized spacial score (nSPS) is 12.4. The van der Waals surface area contributed by atoms with Gasteiger partial charge in [-0.25, -0.2) is 4.39 Å². The molecule has 0 radical (unpaired) electrons. The second kappa shape index (κ2) is 7.42. The molecule has 1 aromatic heterocycles. The lowest BCUT2D eigenvalue weighted by molar-refractivity contribution is -0.125. The topological polar surface area (TPSA) is 58.1 Å². The summed E-state index contributed by atoms with van der Waals surface area (Å²) in [5.41, 5.74) is 0.634. The Balaban J connectivity index is 1.98. The lowest BCUT2D eigenvalue weighted by Crippen LogP contribution is -2.38. The second-order valence-corrected chi connectivity index (χ2v) is 6.44. The Morgan fingerprint density at radius 2 is 2.18 bits per heavy atom. The Bertz CT molecular complexity index is 644. The standard InChI is InChI=1S/C15H19FN4OS/c1-10-18-19-13(22-10)7-8-17-15(21)14(20(2)3)11-5-4-6-12(16)9-11/h4-6,9,14H,7-8H2,1-3H3,(H,17,21). The number of carbonyl (C=O) groups excluding carboxylic acids is 1. The number of aryl methyl sites for hydroxylation is 1. The van der Waals surface area contributed by atoms with Gasteiger partial charge in [0, 0.05) is 13.0 Å².